The first-order valence-corrected chi connectivity index (χ1v) is 4.95. The number of fused-ring (bicyclic) bond motifs is 1. The summed E-state index contributed by atoms with van der Waals surface area (Å²) in [7, 11) is 0. The molecule has 1 heterocycles. The van der Waals surface area contributed by atoms with Crippen molar-refractivity contribution < 1.29 is 14.0 Å². The molecule has 2 aromatic rings. The number of nitrogen functional groups attached to an aromatic ring is 1. The van der Waals surface area contributed by atoms with Crippen LogP contribution < -0.4 is 22.5 Å². The highest BCUT2D eigenvalue weighted by Gasteiger charge is 2.13. The maximum absolute atomic E-state index is 11.5. The number of anilines is 1. The fraction of sp³-hybridized carbons (Fsp3) is 0.100. The van der Waals surface area contributed by atoms with Gasteiger partial charge in [0.05, 0.1) is 5.52 Å². The number of benzene rings is 1. The lowest BCUT2D eigenvalue weighted by Gasteiger charge is -2.02. The predicted octanol–water partition coefficient (Wildman–Crippen LogP) is -0.628. The third-order valence-corrected chi connectivity index (χ3v) is 2.26. The molecule has 0 radical (unpaired) electrons. The van der Waals surface area contributed by atoms with E-state index in [1.807, 2.05) is 5.32 Å². The molecule has 3 amide bonds. The molecule has 94 valence electrons. The summed E-state index contributed by atoms with van der Waals surface area (Å²) in [6.07, 6.45) is 0. The molecule has 0 bridgehead atoms. The Labute approximate surface area is 100 Å². The normalized spacial score (nSPS) is 10.4. The Bertz CT molecular complexity index is 685. The summed E-state index contributed by atoms with van der Waals surface area (Å²) in [6.45, 7) is -0.377. The van der Waals surface area contributed by atoms with Crippen molar-refractivity contribution in [3.05, 3.63) is 28.7 Å². The van der Waals surface area contributed by atoms with E-state index in [0.29, 0.717) is 16.8 Å². The van der Waals surface area contributed by atoms with Crippen LogP contribution >= 0.6 is 0 Å². The molecule has 0 spiro atoms. The first-order chi connectivity index (χ1) is 8.47. The van der Waals surface area contributed by atoms with Gasteiger partial charge in [-0.25, -0.2) is 9.59 Å². The summed E-state index contributed by atoms with van der Waals surface area (Å²) >= 11 is 0. The van der Waals surface area contributed by atoms with E-state index in [1.165, 1.54) is 12.1 Å². The molecule has 8 nitrogen and oxygen atoms in total. The summed E-state index contributed by atoms with van der Waals surface area (Å²) in [5.74, 6) is -1.43. The van der Waals surface area contributed by atoms with Crippen molar-refractivity contribution >= 4 is 28.7 Å². The number of carbonyl (C=O) groups excluding carboxylic acids is 2. The topological polar surface area (TPSA) is 133 Å². The van der Waals surface area contributed by atoms with Crippen LogP contribution in [0.25, 0.3) is 11.1 Å². The van der Waals surface area contributed by atoms with Crippen LogP contribution in [0.3, 0.4) is 0 Å². The van der Waals surface area contributed by atoms with E-state index in [2.05, 4.69) is 0 Å². The van der Waals surface area contributed by atoms with E-state index < -0.39 is 17.7 Å². The number of nitrogens with zero attached hydrogens (tertiary/aromatic N) is 1. The fourth-order valence-electron chi connectivity index (χ4n) is 1.55. The largest absolute Gasteiger partial charge is 0.420 e. The lowest BCUT2D eigenvalue weighted by molar-refractivity contribution is -0.120. The van der Waals surface area contributed by atoms with Gasteiger partial charge >= 0.3 is 11.8 Å². The molecule has 0 saturated heterocycles. The number of aromatic nitrogens is 1. The minimum Gasteiger partial charge on any atom is -0.408 e. The van der Waals surface area contributed by atoms with Crippen molar-refractivity contribution in [3.8, 4) is 0 Å². The standard InChI is InChI=1S/C10H10N4O4/c11-5-1-2-7-6(3-5)14(10(17)18-7)4-8(15)13-9(12)16/h1-3H,4,11H2,(H3,12,13,15,16). The number of hydrogen-bond acceptors (Lipinski definition) is 5. The highest BCUT2D eigenvalue weighted by molar-refractivity contribution is 5.93. The summed E-state index contributed by atoms with van der Waals surface area (Å²) in [4.78, 5) is 33.4. The molecule has 1 aromatic heterocycles. The summed E-state index contributed by atoms with van der Waals surface area (Å²) in [5, 5.41) is 1.85. The van der Waals surface area contributed by atoms with Crippen LogP contribution in [0.2, 0.25) is 0 Å². The quantitative estimate of drug-likeness (QED) is 0.610. The molecule has 8 heteroatoms. The average molecular weight is 250 g/mol. The van der Waals surface area contributed by atoms with Gasteiger partial charge in [0.15, 0.2) is 5.58 Å². The molecular weight excluding hydrogens is 240 g/mol. The number of carbonyl (C=O) groups is 2. The smallest absolute Gasteiger partial charge is 0.408 e. The molecule has 0 unspecified atom stereocenters. The third kappa shape index (κ3) is 2.17. The van der Waals surface area contributed by atoms with Crippen molar-refractivity contribution in [3.63, 3.8) is 0 Å². The molecule has 0 aliphatic carbocycles. The molecule has 0 saturated carbocycles. The summed E-state index contributed by atoms with van der Waals surface area (Å²) < 4.78 is 5.98. The Morgan fingerprint density at radius 2 is 2.11 bits per heavy atom. The Morgan fingerprint density at radius 3 is 2.78 bits per heavy atom. The van der Waals surface area contributed by atoms with E-state index in [4.69, 9.17) is 15.9 Å². The number of imide groups is 1. The van der Waals surface area contributed by atoms with Crippen LogP contribution in [0.15, 0.2) is 27.4 Å². The second kappa shape index (κ2) is 4.24. The van der Waals surface area contributed by atoms with Crippen molar-refractivity contribution in [1.82, 2.24) is 9.88 Å². The van der Waals surface area contributed by atoms with Crippen molar-refractivity contribution in [2.24, 2.45) is 5.73 Å². The van der Waals surface area contributed by atoms with E-state index in [0.717, 1.165) is 4.57 Å². The monoisotopic (exact) mass is 250 g/mol. The number of hydrogen-bond donors (Lipinski definition) is 3. The van der Waals surface area contributed by atoms with E-state index in [9.17, 15) is 14.4 Å². The highest BCUT2D eigenvalue weighted by Crippen LogP contribution is 2.15. The maximum Gasteiger partial charge on any atom is 0.420 e. The van der Waals surface area contributed by atoms with Gasteiger partial charge in [-0.2, -0.15) is 0 Å². The third-order valence-electron chi connectivity index (χ3n) is 2.26. The van der Waals surface area contributed by atoms with Gasteiger partial charge in [-0.05, 0) is 18.2 Å². The van der Waals surface area contributed by atoms with Crippen LogP contribution in [-0.4, -0.2) is 16.5 Å². The maximum atomic E-state index is 11.5. The van der Waals surface area contributed by atoms with Crippen LogP contribution in [0.5, 0.6) is 0 Å². The van der Waals surface area contributed by atoms with Crippen LogP contribution in [-0.2, 0) is 11.3 Å². The molecule has 18 heavy (non-hydrogen) atoms. The molecule has 5 N–H and O–H groups in total. The molecular formula is C10H10N4O4. The minimum atomic E-state index is -0.986. The molecule has 2 rings (SSSR count). The Morgan fingerprint density at radius 1 is 1.39 bits per heavy atom. The highest BCUT2D eigenvalue weighted by atomic mass is 16.4. The number of primary amides is 1. The van der Waals surface area contributed by atoms with Crippen molar-refractivity contribution in [2.45, 2.75) is 6.54 Å². The zero-order valence-electron chi connectivity index (χ0n) is 9.17. The number of nitrogens with one attached hydrogen (secondary N) is 1. The Balaban J connectivity index is 2.41. The predicted molar refractivity (Wildman–Crippen MR) is 62.6 cm³/mol. The number of nitrogens with two attached hydrogens (primary N) is 2. The summed E-state index contributed by atoms with van der Waals surface area (Å²) in [6, 6.07) is 3.60. The minimum absolute atomic E-state index is 0.307. The first-order valence-electron chi connectivity index (χ1n) is 4.95. The Hall–Kier alpha value is -2.77. The molecule has 1 aromatic carbocycles. The average Bonchev–Trinajstić information content (AvgIpc) is 2.55. The SMILES string of the molecule is NC(=O)NC(=O)Cn1c(=O)oc2ccc(N)cc21. The van der Waals surface area contributed by atoms with Gasteiger partial charge < -0.3 is 15.9 Å². The van der Waals surface area contributed by atoms with Gasteiger partial charge in [-0.1, -0.05) is 0 Å². The lowest BCUT2D eigenvalue weighted by atomic mass is 10.3. The molecule has 0 atom stereocenters. The summed E-state index contributed by atoms with van der Waals surface area (Å²) in [5.41, 5.74) is 11.5. The number of rotatable bonds is 2. The first kappa shape index (κ1) is 11.7. The van der Waals surface area contributed by atoms with E-state index in [-0.39, 0.29) is 6.54 Å². The van der Waals surface area contributed by atoms with Crippen molar-refractivity contribution in [2.75, 3.05) is 5.73 Å². The van der Waals surface area contributed by atoms with Gasteiger partial charge in [0.1, 0.15) is 6.54 Å². The lowest BCUT2D eigenvalue weighted by Crippen LogP contribution is -2.38. The zero-order valence-corrected chi connectivity index (χ0v) is 9.17. The zero-order chi connectivity index (χ0) is 13.3. The van der Waals surface area contributed by atoms with E-state index >= 15 is 0 Å². The second-order valence-electron chi connectivity index (χ2n) is 3.59. The van der Waals surface area contributed by atoms with Gasteiger partial charge in [0.25, 0.3) is 0 Å². The fourth-order valence-corrected chi connectivity index (χ4v) is 1.55. The molecule has 0 aliphatic heterocycles. The molecule has 0 fully saturated rings. The number of amides is 3. The van der Waals surface area contributed by atoms with Crippen LogP contribution in [0, 0.1) is 0 Å². The van der Waals surface area contributed by atoms with Crippen LogP contribution in [0.4, 0.5) is 10.5 Å². The van der Waals surface area contributed by atoms with Crippen LogP contribution in [0.1, 0.15) is 0 Å². The second-order valence-corrected chi connectivity index (χ2v) is 3.59. The molecule has 0 aliphatic rings. The van der Waals surface area contributed by atoms with Gasteiger partial charge in [0.2, 0.25) is 5.91 Å². The van der Waals surface area contributed by atoms with Gasteiger partial charge in [0, 0.05) is 5.69 Å². The number of oxazole rings is 1. The number of urea groups is 1. The Kier molecular flexibility index (Phi) is 2.76. The van der Waals surface area contributed by atoms with Gasteiger partial charge in [-0.15, -0.1) is 0 Å². The van der Waals surface area contributed by atoms with Gasteiger partial charge in [-0.3, -0.25) is 14.7 Å². The van der Waals surface area contributed by atoms with E-state index in [1.54, 1.807) is 6.07 Å². The van der Waals surface area contributed by atoms with Crippen molar-refractivity contribution in [1.29, 1.82) is 0 Å².